The van der Waals surface area contributed by atoms with Gasteiger partial charge >= 0.3 is 0 Å². The van der Waals surface area contributed by atoms with Crippen molar-refractivity contribution < 1.29 is 9.18 Å². The second kappa shape index (κ2) is 5.63. The fraction of sp³-hybridized carbons (Fsp3) is 0.250. The molecule has 0 saturated heterocycles. The van der Waals surface area contributed by atoms with E-state index in [2.05, 4.69) is 20.3 Å². The molecule has 0 unspecified atom stereocenters. The number of halogens is 1. The molecule has 6 heteroatoms. The number of aromatic amines is 2. The van der Waals surface area contributed by atoms with Crippen molar-refractivity contribution >= 4 is 16.8 Å². The van der Waals surface area contributed by atoms with Gasteiger partial charge in [0.15, 0.2) is 0 Å². The minimum atomic E-state index is -0.306. The van der Waals surface area contributed by atoms with Crippen LogP contribution in [-0.4, -0.2) is 20.9 Å². The molecule has 2 heterocycles. The average Bonchev–Trinajstić information content (AvgIpc) is 3.09. The van der Waals surface area contributed by atoms with Gasteiger partial charge in [-0.2, -0.15) is 0 Å². The van der Waals surface area contributed by atoms with Crippen molar-refractivity contribution in [1.82, 2.24) is 20.3 Å². The highest BCUT2D eigenvalue weighted by Crippen LogP contribution is 2.23. The number of H-pyrrole nitrogens is 2. The van der Waals surface area contributed by atoms with E-state index in [1.807, 2.05) is 13.8 Å². The minimum absolute atomic E-state index is 0.115. The van der Waals surface area contributed by atoms with Gasteiger partial charge in [-0.1, -0.05) is 0 Å². The van der Waals surface area contributed by atoms with Crippen LogP contribution >= 0.6 is 0 Å². The zero-order valence-electron chi connectivity index (χ0n) is 12.4. The molecular formula is C16H17FN4O. The van der Waals surface area contributed by atoms with Crippen molar-refractivity contribution in [3.05, 3.63) is 53.5 Å². The van der Waals surface area contributed by atoms with Crippen LogP contribution < -0.4 is 5.32 Å². The molecule has 0 bridgehead atoms. The summed E-state index contributed by atoms with van der Waals surface area (Å²) in [5.74, 6) is -0.422. The van der Waals surface area contributed by atoms with Gasteiger partial charge in [-0.25, -0.2) is 9.37 Å². The number of amides is 1. The number of carbonyl (C=O) groups is 1. The van der Waals surface area contributed by atoms with Crippen LogP contribution in [0, 0.1) is 12.7 Å². The third-order valence-electron chi connectivity index (χ3n) is 3.78. The number of carbonyl (C=O) groups excluding carboxylic acids is 1. The van der Waals surface area contributed by atoms with Crippen molar-refractivity contribution in [3.63, 3.8) is 0 Å². The van der Waals surface area contributed by atoms with Crippen molar-refractivity contribution in [3.8, 4) is 0 Å². The summed E-state index contributed by atoms with van der Waals surface area (Å²) >= 11 is 0. The van der Waals surface area contributed by atoms with Crippen LogP contribution in [-0.2, 0) is 11.2 Å². The van der Waals surface area contributed by atoms with Gasteiger partial charge in [-0.15, -0.1) is 0 Å². The van der Waals surface area contributed by atoms with Gasteiger partial charge in [0.1, 0.15) is 5.82 Å². The second-order valence-corrected chi connectivity index (χ2v) is 5.39. The molecule has 1 aromatic carbocycles. The number of rotatable bonds is 4. The van der Waals surface area contributed by atoms with Gasteiger partial charge in [0.05, 0.1) is 30.7 Å². The summed E-state index contributed by atoms with van der Waals surface area (Å²) < 4.78 is 13.4. The number of nitrogens with one attached hydrogen (secondary N) is 3. The Bertz CT molecular complexity index is 807. The number of benzene rings is 1. The van der Waals surface area contributed by atoms with Crippen LogP contribution in [0.2, 0.25) is 0 Å². The lowest BCUT2D eigenvalue weighted by Gasteiger charge is -2.12. The monoisotopic (exact) mass is 300 g/mol. The van der Waals surface area contributed by atoms with E-state index >= 15 is 0 Å². The van der Waals surface area contributed by atoms with Crippen LogP contribution in [0.1, 0.15) is 29.9 Å². The Hall–Kier alpha value is -2.63. The van der Waals surface area contributed by atoms with Gasteiger partial charge < -0.3 is 15.3 Å². The molecule has 1 amide bonds. The lowest BCUT2D eigenvalue weighted by molar-refractivity contribution is -0.121. The summed E-state index contributed by atoms with van der Waals surface area (Å²) in [6.07, 6.45) is 3.45. The molecular weight excluding hydrogens is 283 g/mol. The fourth-order valence-electron chi connectivity index (χ4n) is 2.62. The van der Waals surface area contributed by atoms with Crippen LogP contribution in [0.5, 0.6) is 0 Å². The lowest BCUT2D eigenvalue weighted by Crippen LogP contribution is -2.28. The first-order valence-corrected chi connectivity index (χ1v) is 7.09. The van der Waals surface area contributed by atoms with E-state index in [0.717, 1.165) is 27.9 Å². The molecule has 0 radical (unpaired) electrons. The molecule has 5 nitrogen and oxygen atoms in total. The van der Waals surface area contributed by atoms with Gasteiger partial charge in [-0.05, 0) is 37.6 Å². The molecule has 22 heavy (non-hydrogen) atoms. The number of hydrogen-bond acceptors (Lipinski definition) is 2. The first-order valence-electron chi connectivity index (χ1n) is 7.09. The Morgan fingerprint density at radius 1 is 1.45 bits per heavy atom. The quantitative estimate of drug-likeness (QED) is 0.693. The Labute approximate surface area is 127 Å². The van der Waals surface area contributed by atoms with Crippen LogP contribution in [0.3, 0.4) is 0 Å². The third kappa shape index (κ3) is 2.72. The van der Waals surface area contributed by atoms with Crippen molar-refractivity contribution in [2.24, 2.45) is 0 Å². The van der Waals surface area contributed by atoms with Crippen LogP contribution in [0.4, 0.5) is 4.39 Å². The molecule has 0 saturated carbocycles. The molecule has 0 aliphatic rings. The summed E-state index contributed by atoms with van der Waals surface area (Å²) in [7, 11) is 0. The molecule has 3 rings (SSSR count). The topological polar surface area (TPSA) is 73.6 Å². The predicted octanol–water partition coefficient (Wildman–Crippen LogP) is 2.76. The molecule has 0 spiro atoms. The number of imidazole rings is 1. The molecule has 0 aliphatic heterocycles. The SMILES string of the molecule is Cc1[nH]c2ccc(F)cc2c1CC(=O)N[C@H](C)c1cnc[nH]1. The van der Waals surface area contributed by atoms with Gasteiger partial charge in [-0.3, -0.25) is 4.79 Å². The summed E-state index contributed by atoms with van der Waals surface area (Å²) in [4.78, 5) is 22.3. The van der Waals surface area contributed by atoms with Crippen molar-refractivity contribution in [2.45, 2.75) is 26.3 Å². The summed E-state index contributed by atoms with van der Waals surface area (Å²) in [5, 5.41) is 3.66. The highest BCUT2D eigenvalue weighted by atomic mass is 19.1. The van der Waals surface area contributed by atoms with E-state index in [1.165, 1.54) is 12.1 Å². The standard InChI is InChI=1S/C16H17FN4O/c1-9-12(13-5-11(17)3-4-14(13)20-9)6-16(22)21-10(2)15-7-18-8-19-15/h3-5,7-8,10,20H,6H2,1-2H3,(H,18,19)(H,21,22)/t10-/m1/s1. The number of fused-ring (bicyclic) bond motifs is 1. The Balaban J connectivity index is 1.79. The highest BCUT2D eigenvalue weighted by molar-refractivity contribution is 5.90. The molecule has 114 valence electrons. The number of nitrogens with zero attached hydrogens (tertiary/aromatic N) is 1. The summed E-state index contributed by atoms with van der Waals surface area (Å²) in [6.45, 7) is 3.77. The molecule has 1 atom stereocenters. The molecule has 0 fully saturated rings. The zero-order valence-corrected chi connectivity index (χ0v) is 12.4. The van der Waals surface area contributed by atoms with E-state index in [0.29, 0.717) is 0 Å². The maximum atomic E-state index is 13.4. The van der Waals surface area contributed by atoms with Crippen LogP contribution in [0.15, 0.2) is 30.7 Å². The minimum Gasteiger partial charge on any atom is -0.358 e. The summed E-state index contributed by atoms with van der Waals surface area (Å²) in [6, 6.07) is 4.39. The van der Waals surface area contributed by atoms with Gasteiger partial charge in [0.25, 0.3) is 0 Å². The first-order chi connectivity index (χ1) is 10.5. The van der Waals surface area contributed by atoms with Crippen molar-refractivity contribution in [1.29, 1.82) is 0 Å². The van der Waals surface area contributed by atoms with Crippen molar-refractivity contribution in [2.75, 3.05) is 0 Å². The smallest absolute Gasteiger partial charge is 0.225 e. The van der Waals surface area contributed by atoms with E-state index in [-0.39, 0.29) is 24.2 Å². The largest absolute Gasteiger partial charge is 0.358 e. The normalized spacial score (nSPS) is 12.5. The fourth-order valence-corrected chi connectivity index (χ4v) is 2.62. The molecule has 3 N–H and O–H groups in total. The first kappa shape index (κ1) is 14.3. The summed E-state index contributed by atoms with van der Waals surface area (Å²) in [5.41, 5.74) is 3.38. The zero-order chi connectivity index (χ0) is 15.7. The number of aryl methyl sites for hydroxylation is 1. The Morgan fingerprint density at radius 3 is 3.00 bits per heavy atom. The molecule has 2 aromatic heterocycles. The molecule has 3 aromatic rings. The maximum Gasteiger partial charge on any atom is 0.225 e. The Kier molecular flexibility index (Phi) is 3.66. The maximum absolute atomic E-state index is 13.4. The second-order valence-electron chi connectivity index (χ2n) is 5.39. The molecule has 0 aliphatic carbocycles. The highest BCUT2D eigenvalue weighted by Gasteiger charge is 2.15. The lowest BCUT2D eigenvalue weighted by atomic mass is 10.1. The van der Waals surface area contributed by atoms with Gasteiger partial charge in [0.2, 0.25) is 5.91 Å². The van der Waals surface area contributed by atoms with E-state index in [9.17, 15) is 9.18 Å². The number of aromatic nitrogens is 3. The van der Waals surface area contributed by atoms with E-state index < -0.39 is 0 Å². The average molecular weight is 300 g/mol. The van der Waals surface area contributed by atoms with E-state index in [4.69, 9.17) is 0 Å². The predicted molar refractivity (Wildman–Crippen MR) is 81.8 cm³/mol. The van der Waals surface area contributed by atoms with Crippen LogP contribution in [0.25, 0.3) is 10.9 Å². The number of hydrogen-bond donors (Lipinski definition) is 3. The van der Waals surface area contributed by atoms with E-state index in [1.54, 1.807) is 18.6 Å². The van der Waals surface area contributed by atoms with Gasteiger partial charge in [0, 0.05) is 16.6 Å². The third-order valence-corrected chi connectivity index (χ3v) is 3.78. The Morgan fingerprint density at radius 2 is 2.27 bits per heavy atom.